The van der Waals surface area contributed by atoms with E-state index in [1.165, 1.54) is 0 Å². The van der Waals surface area contributed by atoms with Crippen LogP contribution in [-0.4, -0.2) is 69.5 Å². The van der Waals surface area contributed by atoms with E-state index >= 15 is 0 Å². The number of halogens is 1. The van der Waals surface area contributed by atoms with Gasteiger partial charge in [0, 0.05) is 38.9 Å². The molecule has 7 heteroatoms. The first kappa shape index (κ1) is 16.2. The van der Waals surface area contributed by atoms with Gasteiger partial charge in [-0.1, -0.05) is 18.5 Å². The smallest absolute Gasteiger partial charge is 0.272 e. The molecule has 0 atom stereocenters. The van der Waals surface area contributed by atoms with E-state index in [1.54, 1.807) is 16.7 Å². The molecule has 0 aliphatic carbocycles. The van der Waals surface area contributed by atoms with Crippen molar-refractivity contribution in [3.63, 3.8) is 0 Å². The standard InChI is InChI=1S/C16H21ClN4O2/c1-2-13-15(21-11-12(17)3-4-14(21)18-13)16(23)20-7-5-19(6-8-20)9-10-22/h3-4,11,22H,2,5-10H2,1H3. The average Bonchev–Trinajstić information content (AvgIpc) is 2.93. The predicted octanol–water partition coefficient (Wildman–Crippen LogP) is 1.30. The molecule has 2 aromatic rings. The molecule has 0 bridgehead atoms. The summed E-state index contributed by atoms with van der Waals surface area (Å²) in [5, 5.41) is 9.59. The van der Waals surface area contributed by atoms with E-state index in [-0.39, 0.29) is 12.5 Å². The minimum Gasteiger partial charge on any atom is -0.395 e. The van der Waals surface area contributed by atoms with Crippen LogP contribution in [-0.2, 0) is 6.42 Å². The summed E-state index contributed by atoms with van der Waals surface area (Å²) in [6.07, 6.45) is 2.45. The monoisotopic (exact) mass is 336 g/mol. The maximum Gasteiger partial charge on any atom is 0.272 e. The number of hydrogen-bond donors (Lipinski definition) is 1. The summed E-state index contributed by atoms with van der Waals surface area (Å²) in [6.45, 7) is 5.70. The summed E-state index contributed by atoms with van der Waals surface area (Å²) in [5.41, 5.74) is 2.16. The van der Waals surface area contributed by atoms with Crippen LogP contribution in [0, 0.1) is 0 Å². The normalized spacial score (nSPS) is 16.2. The molecule has 0 radical (unpaired) electrons. The number of imidazole rings is 1. The quantitative estimate of drug-likeness (QED) is 0.914. The third-order valence-electron chi connectivity index (χ3n) is 4.27. The second-order valence-corrected chi connectivity index (χ2v) is 6.13. The molecule has 2 aromatic heterocycles. The molecule has 1 amide bonds. The molecule has 1 N–H and O–H groups in total. The SMILES string of the molecule is CCc1nc2ccc(Cl)cn2c1C(=O)N1CCN(CCO)CC1. The number of aliphatic hydroxyl groups is 1. The molecule has 0 unspecified atom stereocenters. The lowest BCUT2D eigenvalue weighted by molar-refractivity contribution is 0.0607. The Hall–Kier alpha value is -1.63. The number of hydrogen-bond acceptors (Lipinski definition) is 4. The third kappa shape index (κ3) is 3.20. The molecule has 1 aliphatic rings. The lowest BCUT2D eigenvalue weighted by Crippen LogP contribution is -2.49. The summed E-state index contributed by atoms with van der Waals surface area (Å²) in [7, 11) is 0. The number of piperazine rings is 1. The number of β-amino-alcohol motifs (C(OH)–C–C–N with tert-alkyl or cyclic N) is 1. The molecule has 23 heavy (non-hydrogen) atoms. The number of pyridine rings is 1. The Bertz CT molecular complexity index is 707. The molecule has 6 nitrogen and oxygen atoms in total. The van der Waals surface area contributed by atoms with Gasteiger partial charge in [0.25, 0.3) is 5.91 Å². The van der Waals surface area contributed by atoms with Crippen molar-refractivity contribution in [2.45, 2.75) is 13.3 Å². The number of amides is 1. The summed E-state index contributed by atoms with van der Waals surface area (Å²) in [6, 6.07) is 3.61. The van der Waals surface area contributed by atoms with Crippen molar-refractivity contribution in [2.75, 3.05) is 39.3 Å². The first-order chi connectivity index (χ1) is 11.1. The number of rotatable bonds is 4. The van der Waals surface area contributed by atoms with Crippen LogP contribution in [0.1, 0.15) is 23.1 Å². The van der Waals surface area contributed by atoms with Gasteiger partial charge in [0.1, 0.15) is 11.3 Å². The van der Waals surface area contributed by atoms with E-state index in [0.29, 0.717) is 36.8 Å². The van der Waals surface area contributed by atoms with Gasteiger partial charge in [-0.15, -0.1) is 0 Å². The topological polar surface area (TPSA) is 61.1 Å². The van der Waals surface area contributed by atoms with Gasteiger partial charge in [0.15, 0.2) is 0 Å². The second kappa shape index (κ2) is 6.86. The molecule has 0 aromatic carbocycles. The van der Waals surface area contributed by atoms with Gasteiger partial charge in [-0.2, -0.15) is 0 Å². The van der Waals surface area contributed by atoms with Crippen LogP contribution >= 0.6 is 11.6 Å². The highest BCUT2D eigenvalue weighted by molar-refractivity contribution is 6.30. The molecule has 0 saturated carbocycles. The van der Waals surface area contributed by atoms with Gasteiger partial charge in [-0.05, 0) is 18.6 Å². The molecule has 0 spiro atoms. The van der Waals surface area contributed by atoms with Crippen LogP contribution in [0.15, 0.2) is 18.3 Å². The Morgan fingerprint density at radius 3 is 2.70 bits per heavy atom. The van der Waals surface area contributed by atoms with Crippen molar-refractivity contribution in [1.29, 1.82) is 0 Å². The Balaban J connectivity index is 1.87. The fourth-order valence-corrected chi connectivity index (χ4v) is 3.17. The molecular weight excluding hydrogens is 316 g/mol. The average molecular weight is 337 g/mol. The van der Waals surface area contributed by atoms with E-state index in [1.807, 2.05) is 17.9 Å². The molecular formula is C16H21ClN4O2. The zero-order valence-corrected chi connectivity index (χ0v) is 14.0. The zero-order chi connectivity index (χ0) is 16.4. The Labute approximate surface area is 140 Å². The number of aliphatic hydroxyl groups excluding tert-OH is 1. The summed E-state index contributed by atoms with van der Waals surface area (Å²) < 4.78 is 1.80. The highest BCUT2D eigenvalue weighted by atomic mass is 35.5. The van der Waals surface area contributed by atoms with E-state index < -0.39 is 0 Å². The van der Waals surface area contributed by atoms with Gasteiger partial charge >= 0.3 is 0 Å². The van der Waals surface area contributed by atoms with Gasteiger partial charge in [0.2, 0.25) is 0 Å². The van der Waals surface area contributed by atoms with Crippen molar-refractivity contribution in [2.24, 2.45) is 0 Å². The Kier molecular flexibility index (Phi) is 4.84. The number of aryl methyl sites for hydroxylation is 1. The van der Waals surface area contributed by atoms with Crippen LogP contribution in [0.25, 0.3) is 5.65 Å². The van der Waals surface area contributed by atoms with Crippen molar-refractivity contribution < 1.29 is 9.90 Å². The zero-order valence-electron chi connectivity index (χ0n) is 13.2. The fraction of sp³-hybridized carbons (Fsp3) is 0.500. The van der Waals surface area contributed by atoms with Crippen LogP contribution in [0.2, 0.25) is 5.02 Å². The lowest BCUT2D eigenvalue weighted by Gasteiger charge is -2.34. The third-order valence-corrected chi connectivity index (χ3v) is 4.49. The van der Waals surface area contributed by atoms with Crippen LogP contribution in [0.3, 0.4) is 0 Å². The van der Waals surface area contributed by atoms with Gasteiger partial charge in [-0.3, -0.25) is 14.1 Å². The maximum atomic E-state index is 13.0. The number of carbonyl (C=O) groups excluding carboxylic acids is 1. The minimum atomic E-state index is 0.000245. The van der Waals surface area contributed by atoms with Crippen LogP contribution < -0.4 is 0 Å². The van der Waals surface area contributed by atoms with E-state index in [9.17, 15) is 4.79 Å². The fourth-order valence-electron chi connectivity index (χ4n) is 3.01. The van der Waals surface area contributed by atoms with Gasteiger partial charge in [-0.25, -0.2) is 4.98 Å². The Morgan fingerprint density at radius 1 is 1.30 bits per heavy atom. The van der Waals surface area contributed by atoms with E-state index in [0.717, 1.165) is 24.4 Å². The molecule has 3 rings (SSSR count). The van der Waals surface area contributed by atoms with E-state index in [4.69, 9.17) is 16.7 Å². The first-order valence-corrected chi connectivity index (χ1v) is 8.30. The highest BCUT2D eigenvalue weighted by Gasteiger charge is 2.26. The van der Waals surface area contributed by atoms with Gasteiger partial charge in [0.05, 0.1) is 17.3 Å². The molecule has 3 heterocycles. The maximum absolute atomic E-state index is 13.0. The molecule has 1 saturated heterocycles. The van der Waals surface area contributed by atoms with E-state index in [2.05, 4.69) is 9.88 Å². The first-order valence-electron chi connectivity index (χ1n) is 7.93. The summed E-state index contributed by atoms with van der Waals surface area (Å²) in [4.78, 5) is 21.6. The van der Waals surface area contributed by atoms with Crippen molar-refractivity contribution in [1.82, 2.24) is 19.2 Å². The molecule has 124 valence electrons. The second-order valence-electron chi connectivity index (χ2n) is 5.69. The van der Waals surface area contributed by atoms with Crippen molar-refractivity contribution in [3.05, 3.63) is 34.7 Å². The minimum absolute atomic E-state index is 0.000245. The lowest BCUT2D eigenvalue weighted by atomic mass is 10.2. The number of nitrogens with zero attached hydrogens (tertiary/aromatic N) is 4. The largest absolute Gasteiger partial charge is 0.395 e. The Morgan fingerprint density at radius 2 is 2.04 bits per heavy atom. The number of carbonyl (C=O) groups is 1. The summed E-state index contributed by atoms with van der Waals surface area (Å²) >= 11 is 6.08. The van der Waals surface area contributed by atoms with Crippen molar-refractivity contribution >= 4 is 23.2 Å². The highest BCUT2D eigenvalue weighted by Crippen LogP contribution is 2.19. The number of aromatic nitrogens is 2. The molecule has 1 fully saturated rings. The molecule has 1 aliphatic heterocycles. The number of fused-ring (bicyclic) bond motifs is 1. The summed E-state index contributed by atoms with van der Waals surface area (Å²) in [5.74, 6) is 0.000245. The predicted molar refractivity (Wildman–Crippen MR) is 89.0 cm³/mol. The van der Waals surface area contributed by atoms with Crippen LogP contribution in [0.4, 0.5) is 0 Å². The van der Waals surface area contributed by atoms with Gasteiger partial charge < -0.3 is 10.0 Å². The van der Waals surface area contributed by atoms with Crippen LogP contribution in [0.5, 0.6) is 0 Å². The van der Waals surface area contributed by atoms with Crippen molar-refractivity contribution in [3.8, 4) is 0 Å².